The maximum Gasteiger partial charge on any atom is 0.271 e. The number of hydrogen-bond acceptors (Lipinski definition) is 5. The molecule has 6 heteroatoms. The van der Waals surface area contributed by atoms with Crippen molar-refractivity contribution < 1.29 is 14.6 Å². The molecule has 0 aromatic carbocycles. The molecule has 0 bridgehead atoms. The zero-order chi connectivity index (χ0) is 12.0. The van der Waals surface area contributed by atoms with Gasteiger partial charge in [-0.1, -0.05) is 0 Å². The highest BCUT2D eigenvalue weighted by molar-refractivity contribution is 7.11. The Balaban J connectivity index is 2.33. The minimum absolute atomic E-state index is 0.00165. The van der Waals surface area contributed by atoms with Crippen LogP contribution < -0.4 is 5.32 Å². The second kappa shape index (κ2) is 6.57. The number of aliphatic hydroxyl groups excluding tert-OH is 1. The van der Waals surface area contributed by atoms with Gasteiger partial charge >= 0.3 is 0 Å². The molecule has 0 aliphatic heterocycles. The van der Waals surface area contributed by atoms with Crippen LogP contribution in [0.15, 0.2) is 0 Å². The summed E-state index contributed by atoms with van der Waals surface area (Å²) in [5, 5.41) is 12.1. The minimum atomic E-state index is -0.172. The van der Waals surface area contributed by atoms with Crippen LogP contribution in [0.1, 0.15) is 20.4 Å². The number of rotatable bonds is 6. The van der Waals surface area contributed by atoms with Crippen molar-refractivity contribution in [1.29, 1.82) is 0 Å². The van der Waals surface area contributed by atoms with Gasteiger partial charge in [-0.3, -0.25) is 4.79 Å². The Morgan fingerprint density at radius 1 is 1.50 bits per heavy atom. The molecule has 2 N–H and O–H groups in total. The number of nitrogens with zero attached hydrogens (tertiary/aromatic N) is 1. The Morgan fingerprint density at radius 2 is 2.25 bits per heavy atom. The highest BCUT2D eigenvalue weighted by Crippen LogP contribution is 2.15. The van der Waals surface area contributed by atoms with Gasteiger partial charge in [-0.25, -0.2) is 4.98 Å². The Labute approximate surface area is 98.5 Å². The smallest absolute Gasteiger partial charge is 0.271 e. The average Bonchev–Trinajstić information content (AvgIpc) is 2.57. The van der Waals surface area contributed by atoms with Crippen molar-refractivity contribution in [3.63, 3.8) is 0 Å². The average molecular weight is 244 g/mol. The van der Waals surface area contributed by atoms with Crippen LogP contribution >= 0.6 is 11.3 Å². The van der Waals surface area contributed by atoms with Gasteiger partial charge in [0.1, 0.15) is 5.69 Å². The zero-order valence-electron chi connectivity index (χ0n) is 9.45. The number of thiazole rings is 1. The molecular weight excluding hydrogens is 228 g/mol. The third-order valence-electron chi connectivity index (χ3n) is 1.89. The maximum absolute atomic E-state index is 11.6. The minimum Gasteiger partial charge on any atom is -0.394 e. The number of carbonyl (C=O) groups is 1. The number of aryl methyl sites for hydroxylation is 2. The summed E-state index contributed by atoms with van der Waals surface area (Å²) in [6, 6.07) is 0. The van der Waals surface area contributed by atoms with Crippen LogP contribution in [0.3, 0.4) is 0 Å². The van der Waals surface area contributed by atoms with Gasteiger partial charge in [0.15, 0.2) is 0 Å². The highest BCUT2D eigenvalue weighted by Gasteiger charge is 2.12. The topological polar surface area (TPSA) is 71.5 Å². The predicted octanol–water partition coefficient (Wildman–Crippen LogP) is 0.499. The van der Waals surface area contributed by atoms with E-state index in [1.165, 1.54) is 11.3 Å². The number of hydrogen-bond donors (Lipinski definition) is 2. The summed E-state index contributed by atoms with van der Waals surface area (Å²) in [4.78, 5) is 16.7. The van der Waals surface area contributed by atoms with Crippen LogP contribution in [0.25, 0.3) is 0 Å². The van der Waals surface area contributed by atoms with E-state index in [-0.39, 0.29) is 12.5 Å². The first-order chi connectivity index (χ1) is 7.65. The van der Waals surface area contributed by atoms with Crippen molar-refractivity contribution in [2.75, 3.05) is 26.4 Å². The molecule has 0 spiro atoms. The van der Waals surface area contributed by atoms with E-state index < -0.39 is 0 Å². The van der Waals surface area contributed by atoms with Crippen molar-refractivity contribution in [3.05, 3.63) is 15.6 Å². The van der Waals surface area contributed by atoms with Crippen molar-refractivity contribution >= 4 is 17.2 Å². The molecule has 0 unspecified atom stereocenters. The fourth-order valence-corrected chi connectivity index (χ4v) is 2.04. The van der Waals surface area contributed by atoms with Crippen LogP contribution in [-0.4, -0.2) is 42.4 Å². The molecule has 0 radical (unpaired) electrons. The molecule has 1 rings (SSSR count). The number of aliphatic hydroxyl groups is 1. The highest BCUT2D eigenvalue weighted by atomic mass is 32.1. The molecule has 0 aliphatic rings. The Bertz CT molecular complexity index is 352. The van der Waals surface area contributed by atoms with Crippen LogP contribution in [0, 0.1) is 13.8 Å². The van der Waals surface area contributed by atoms with E-state index in [1.54, 1.807) is 0 Å². The lowest BCUT2D eigenvalue weighted by Gasteiger charge is -2.04. The Hall–Kier alpha value is -0.980. The SMILES string of the molecule is Cc1nc(C(=O)NCCOCCO)c(C)s1. The second-order valence-electron chi connectivity index (χ2n) is 3.23. The largest absolute Gasteiger partial charge is 0.394 e. The standard InChI is InChI=1S/C10H16N2O3S/c1-7-9(12-8(2)16-7)10(14)11-3-5-15-6-4-13/h13H,3-6H2,1-2H3,(H,11,14). The van der Waals surface area contributed by atoms with Gasteiger partial charge < -0.3 is 15.2 Å². The van der Waals surface area contributed by atoms with Crippen LogP contribution in [-0.2, 0) is 4.74 Å². The molecule has 5 nitrogen and oxygen atoms in total. The Kier molecular flexibility index (Phi) is 5.37. The van der Waals surface area contributed by atoms with Crippen molar-refractivity contribution in [2.45, 2.75) is 13.8 Å². The van der Waals surface area contributed by atoms with Gasteiger partial charge in [0.05, 0.1) is 24.8 Å². The van der Waals surface area contributed by atoms with E-state index in [9.17, 15) is 4.79 Å². The van der Waals surface area contributed by atoms with E-state index in [0.29, 0.717) is 25.5 Å². The summed E-state index contributed by atoms with van der Waals surface area (Å²) in [5.41, 5.74) is 0.490. The van der Waals surface area contributed by atoms with Crippen LogP contribution in [0.4, 0.5) is 0 Å². The first kappa shape index (κ1) is 13.1. The third kappa shape index (κ3) is 3.88. The Morgan fingerprint density at radius 3 is 2.81 bits per heavy atom. The van der Waals surface area contributed by atoms with Crippen molar-refractivity contribution in [2.24, 2.45) is 0 Å². The van der Waals surface area contributed by atoms with Crippen molar-refractivity contribution in [3.8, 4) is 0 Å². The molecule has 1 amide bonds. The fourth-order valence-electron chi connectivity index (χ4n) is 1.23. The molecule has 0 saturated carbocycles. The fraction of sp³-hybridized carbons (Fsp3) is 0.600. The van der Waals surface area contributed by atoms with E-state index in [2.05, 4.69) is 10.3 Å². The molecule has 1 heterocycles. The lowest BCUT2D eigenvalue weighted by molar-refractivity contribution is 0.0835. The van der Waals surface area contributed by atoms with Gasteiger partial charge in [0.25, 0.3) is 5.91 Å². The van der Waals surface area contributed by atoms with E-state index in [4.69, 9.17) is 9.84 Å². The van der Waals surface area contributed by atoms with Gasteiger partial charge in [-0.15, -0.1) is 11.3 Å². The number of ether oxygens (including phenoxy) is 1. The van der Waals surface area contributed by atoms with Gasteiger partial charge in [-0.2, -0.15) is 0 Å². The molecule has 1 aromatic rings. The maximum atomic E-state index is 11.6. The van der Waals surface area contributed by atoms with E-state index in [1.807, 2.05) is 13.8 Å². The molecule has 0 atom stereocenters. The first-order valence-corrected chi connectivity index (χ1v) is 5.87. The van der Waals surface area contributed by atoms with Gasteiger partial charge in [-0.05, 0) is 13.8 Å². The third-order valence-corrected chi connectivity index (χ3v) is 2.77. The summed E-state index contributed by atoms with van der Waals surface area (Å²) in [6.07, 6.45) is 0. The zero-order valence-corrected chi connectivity index (χ0v) is 10.3. The predicted molar refractivity (Wildman–Crippen MR) is 61.8 cm³/mol. The van der Waals surface area contributed by atoms with E-state index in [0.717, 1.165) is 9.88 Å². The quantitative estimate of drug-likeness (QED) is 0.715. The second-order valence-corrected chi connectivity index (χ2v) is 4.64. The molecule has 0 aliphatic carbocycles. The van der Waals surface area contributed by atoms with Gasteiger partial charge in [0.2, 0.25) is 0 Å². The number of nitrogens with one attached hydrogen (secondary N) is 1. The molecule has 16 heavy (non-hydrogen) atoms. The summed E-state index contributed by atoms with van der Waals surface area (Å²) < 4.78 is 5.02. The van der Waals surface area contributed by atoms with E-state index >= 15 is 0 Å². The summed E-state index contributed by atoms with van der Waals surface area (Å²) in [5.74, 6) is -0.172. The van der Waals surface area contributed by atoms with Crippen molar-refractivity contribution in [1.82, 2.24) is 10.3 Å². The summed E-state index contributed by atoms with van der Waals surface area (Å²) >= 11 is 1.51. The van der Waals surface area contributed by atoms with Crippen LogP contribution in [0.2, 0.25) is 0 Å². The monoisotopic (exact) mass is 244 g/mol. The summed E-state index contributed by atoms with van der Waals surface area (Å²) in [6.45, 7) is 4.87. The molecule has 90 valence electrons. The molecular formula is C10H16N2O3S. The molecule has 0 fully saturated rings. The molecule has 0 saturated heterocycles. The summed E-state index contributed by atoms with van der Waals surface area (Å²) in [7, 11) is 0. The van der Waals surface area contributed by atoms with Crippen LogP contribution in [0.5, 0.6) is 0 Å². The molecule has 1 aromatic heterocycles. The normalized spacial score (nSPS) is 10.4. The lowest BCUT2D eigenvalue weighted by atomic mass is 10.3. The number of carbonyl (C=O) groups excluding carboxylic acids is 1. The first-order valence-electron chi connectivity index (χ1n) is 5.06. The van der Waals surface area contributed by atoms with Gasteiger partial charge in [0, 0.05) is 11.4 Å². The lowest BCUT2D eigenvalue weighted by Crippen LogP contribution is -2.28. The number of amides is 1. The number of aromatic nitrogens is 1.